The van der Waals surface area contributed by atoms with Crippen LogP contribution >= 0.6 is 0 Å². The number of nitrogens with one attached hydrogen (secondary N) is 2. The van der Waals surface area contributed by atoms with Gasteiger partial charge in [0.05, 0.1) is 6.04 Å². The first-order valence-corrected chi connectivity index (χ1v) is 9.52. The van der Waals surface area contributed by atoms with Crippen molar-refractivity contribution in [3.8, 4) is 0 Å². The third-order valence-electron chi connectivity index (χ3n) is 4.58. The van der Waals surface area contributed by atoms with Crippen LogP contribution in [0.3, 0.4) is 0 Å². The normalized spacial score (nSPS) is 17.3. The van der Waals surface area contributed by atoms with Crippen LogP contribution in [0.4, 0.5) is 0 Å². The van der Waals surface area contributed by atoms with Crippen molar-refractivity contribution in [3.63, 3.8) is 0 Å². The van der Waals surface area contributed by atoms with Crippen molar-refractivity contribution < 1.29 is 9.59 Å². The maximum Gasteiger partial charge on any atom is 0.242 e. The number of hydrogen-bond donors (Lipinski definition) is 2. The Bertz CT molecular complexity index is 649. The molecule has 0 aromatic heterocycles. The van der Waals surface area contributed by atoms with E-state index in [9.17, 15) is 9.59 Å². The van der Waals surface area contributed by atoms with Crippen molar-refractivity contribution in [1.82, 2.24) is 10.6 Å². The van der Waals surface area contributed by atoms with Crippen LogP contribution in [0.25, 0.3) is 0 Å². The highest BCUT2D eigenvalue weighted by atomic mass is 16.2. The first kappa shape index (κ1) is 20.0. The molecule has 0 spiro atoms. The number of carbonyl (C=O) groups excluding carboxylic acids is 2. The Morgan fingerprint density at radius 1 is 1.15 bits per heavy atom. The standard InChI is InChI=1S/C22H30N2O2/c1-17-10-9-14-20(16-17)24-22(26)18(2)23-21(25)15-8-4-7-13-19-11-5-3-6-12-19/h3,5-6,9-12,14,18,20H,4,7-8,13,15-16H2,1-2H3,(H,23,25)(H,24,26)/t18-,20+/m0/s1. The zero-order valence-corrected chi connectivity index (χ0v) is 15.8. The van der Waals surface area contributed by atoms with Crippen LogP contribution in [-0.4, -0.2) is 23.9 Å². The molecule has 0 aliphatic heterocycles. The van der Waals surface area contributed by atoms with Crippen LogP contribution in [0.5, 0.6) is 0 Å². The first-order chi connectivity index (χ1) is 12.5. The van der Waals surface area contributed by atoms with E-state index in [0.29, 0.717) is 6.42 Å². The Kier molecular flexibility index (Phi) is 8.13. The summed E-state index contributed by atoms with van der Waals surface area (Å²) >= 11 is 0. The molecule has 1 aromatic carbocycles. The van der Waals surface area contributed by atoms with Gasteiger partial charge in [0.25, 0.3) is 0 Å². The minimum atomic E-state index is -0.508. The molecule has 0 saturated carbocycles. The Morgan fingerprint density at radius 2 is 1.92 bits per heavy atom. The van der Waals surface area contributed by atoms with Crippen molar-refractivity contribution in [3.05, 3.63) is 59.7 Å². The fourth-order valence-corrected chi connectivity index (χ4v) is 3.06. The smallest absolute Gasteiger partial charge is 0.242 e. The number of hydrogen-bond acceptors (Lipinski definition) is 2. The van der Waals surface area contributed by atoms with Crippen molar-refractivity contribution in [2.24, 2.45) is 0 Å². The molecule has 1 aliphatic rings. The minimum absolute atomic E-state index is 0.0184. The number of amides is 2. The summed E-state index contributed by atoms with van der Waals surface area (Å²) in [4.78, 5) is 24.2. The lowest BCUT2D eigenvalue weighted by atomic mass is 10.0. The third-order valence-corrected chi connectivity index (χ3v) is 4.58. The molecule has 0 saturated heterocycles. The lowest BCUT2D eigenvalue weighted by molar-refractivity contribution is -0.128. The molecular formula is C22H30N2O2. The Balaban J connectivity index is 1.58. The maximum atomic E-state index is 12.2. The first-order valence-electron chi connectivity index (χ1n) is 9.52. The minimum Gasteiger partial charge on any atom is -0.348 e. The summed E-state index contributed by atoms with van der Waals surface area (Å²) in [5.74, 6) is -0.186. The molecule has 26 heavy (non-hydrogen) atoms. The number of benzene rings is 1. The summed E-state index contributed by atoms with van der Waals surface area (Å²) < 4.78 is 0. The van der Waals surface area contributed by atoms with Gasteiger partial charge in [0, 0.05) is 6.42 Å². The SMILES string of the molecule is CC1=CC=C[C@@H](NC(=O)[C@H](C)NC(=O)CCCCCc2ccccc2)C1. The Morgan fingerprint density at radius 3 is 2.65 bits per heavy atom. The van der Waals surface area contributed by atoms with E-state index in [4.69, 9.17) is 0 Å². The molecule has 2 rings (SSSR count). The van der Waals surface area contributed by atoms with E-state index in [1.807, 2.05) is 31.2 Å². The number of rotatable bonds is 9. The molecule has 0 bridgehead atoms. The fourth-order valence-electron chi connectivity index (χ4n) is 3.06. The number of unbranched alkanes of at least 4 members (excludes halogenated alkanes) is 2. The largest absolute Gasteiger partial charge is 0.348 e. The van der Waals surface area contributed by atoms with Gasteiger partial charge in [-0.2, -0.15) is 0 Å². The molecular weight excluding hydrogens is 324 g/mol. The predicted octanol–water partition coefficient (Wildman–Crippen LogP) is 3.69. The average molecular weight is 354 g/mol. The summed E-state index contributed by atoms with van der Waals surface area (Å²) in [6.07, 6.45) is 11.3. The highest BCUT2D eigenvalue weighted by molar-refractivity contribution is 5.87. The molecule has 2 atom stereocenters. The molecule has 4 nitrogen and oxygen atoms in total. The Hall–Kier alpha value is -2.36. The van der Waals surface area contributed by atoms with E-state index in [1.54, 1.807) is 6.92 Å². The van der Waals surface area contributed by atoms with Crippen LogP contribution in [-0.2, 0) is 16.0 Å². The summed E-state index contributed by atoms with van der Waals surface area (Å²) in [6.45, 7) is 3.78. The number of aryl methyl sites for hydroxylation is 1. The predicted molar refractivity (Wildman–Crippen MR) is 106 cm³/mol. The third kappa shape index (κ3) is 7.26. The van der Waals surface area contributed by atoms with Gasteiger partial charge in [-0.1, -0.05) is 60.6 Å². The topological polar surface area (TPSA) is 58.2 Å². The van der Waals surface area contributed by atoms with Gasteiger partial charge in [-0.3, -0.25) is 9.59 Å². The van der Waals surface area contributed by atoms with E-state index < -0.39 is 6.04 Å². The summed E-state index contributed by atoms with van der Waals surface area (Å²) in [5, 5.41) is 5.77. The van der Waals surface area contributed by atoms with Gasteiger partial charge in [-0.05, 0) is 45.1 Å². The quantitative estimate of drug-likeness (QED) is 0.665. The van der Waals surface area contributed by atoms with Crippen LogP contribution in [0.15, 0.2) is 54.1 Å². The molecule has 0 fully saturated rings. The highest BCUT2D eigenvalue weighted by Gasteiger charge is 2.18. The molecule has 2 N–H and O–H groups in total. The van der Waals surface area contributed by atoms with Gasteiger partial charge >= 0.3 is 0 Å². The van der Waals surface area contributed by atoms with Crippen LogP contribution < -0.4 is 10.6 Å². The second-order valence-electron chi connectivity index (χ2n) is 7.05. The lowest BCUT2D eigenvalue weighted by Gasteiger charge is -2.21. The van der Waals surface area contributed by atoms with Gasteiger partial charge in [-0.15, -0.1) is 0 Å². The fraction of sp³-hybridized carbons (Fsp3) is 0.455. The van der Waals surface area contributed by atoms with Crippen molar-refractivity contribution in [2.75, 3.05) is 0 Å². The molecule has 0 heterocycles. The molecule has 0 unspecified atom stereocenters. The van der Waals surface area contributed by atoms with Crippen LogP contribution in [0.1, 0.15) is 51.5 Å². The van der Waals surface area contributed by atoms with Gasteiger partial charge < -0.3 is 10.6 Å². The second kappa shape index (κ2) is 10.6. The Labute approximate surface area is 156 Å². The van der Waals surface area contributed by atoms with E-state index in [1.165, 1.54) is 11.1 Å². The molecule has 140 valence electrons. The van der Waals surface area contributed by atoms with Gasteiger partial charge in [-0.25, -0.2) is 0 Å². The average Bonchev–Trinajstić information content (AvgIpc) is 2.62. The molecule has 4 heteroatoms. The van der Waals surface area contributed by atoms with Crippen molar-refractivity contribution >= 4 is 11.8 Å². The zero-order chi connectivity index (χ0) is 18.8. The number of allylic oxidation sites excluding steroid dienone is 2. The van der Waals surface area contributed by atoms with Crippen LogP contribution in [0.2, 0.25) is 0 Å². The van der Waals surface area contributed by atoms with Gasteiger partial charge in [0.1, 0.15) is 6.04 Å². The molecule has 2 amide bonds. The maximum absolute atomic E-state index is 12.2. The summed E-state index contributed by atoms with van der Waals surface area (Å²) in [7, 11) is 0. The van der Waals surface area contributed by atoms with Gasteiger partial charge in [0.15, 0.2) is 0 Å². The van der Waals surface area contributed by atoms with E-state index in [0.717, 1.165) is 32.1 Å². The zero-order valence-electron chi connectivity index (χ0n) is 15.8. The van der Waals surface area contributed by atoms with E-state index in [-0.39, 0.29) is 17.9 Å². The van der Waals surface area contributed by atoms with Crippen LogP contribution in [0, 0.1) is 0 Å². The van der Waals surface area contributed by atoms with E-state index >= 15 is 0 Å². The monoisotopic (exact) mass is 354 g/mol. The number of carbonyl (C=O) groups is 2. The van der Waals surface area contributed by atoms with E-state index in [2.05, 4.69) is 34.9 Å². The lowest BCUT2D eigenvalue weighted by Crippen LogP contribution is -2.47. The summed E-state index contributed by atoms with van der Waals surface area (Å²) in [6, 6.07) is 9.90. The second-order valence-corrected chi connectivity index (χ2v) is 7.05. The van der Waals surface area contributed by atoms with Gasteiger partial charge in [0.2, 0.25) is 11.8 Å². The van der Waals surface area contributed by atoms with Crippen molar-refractivity contribution in [1.29, 1.82) is 0 Å². The molecule has 1 aromatic rings. The summed E-state index contributed by atoms with van der Waals surface area (Å²) in [5.41, 5.74) is 2.58. The highest BCUT2D eigenvalue weighted by Crippen LogP contribution is 2.11. The molecule has 1 aliphatic carbocycles. The molecule has 0 radical (unpaired) electrons. The van der Waals surface area contributed by atoms with Crippen molar-refractivity contribution in [2.45, 2.75) is 64.5 Å².